The zero-order valence-corrected chi connectivity index (χ0v) is 35.2. The summed E-state index contributed by atoms with van der Waals surface area (Å²) in [5.74, 6) is -0.209. The van der Waals surface area contributed by atoms with Crippen LogP contribution in [0.2, 0.25) is 0 Å². The Morgan fingerprint density at radius 3 is 1.45 bits per heavy atom. The summed E-state index contributed by atoms with van der Waals surface area (Å²) in [6.07, 6.45) is 2.85. The van der Waals surface area contributed by atoms with Crippen LogP contribution in [0.25, 0.3) is 21.5 Å². The Labute approximate surface area is 327 Å². The number of aliphatic hydroxyl groups excluding tert-OH is 2. The molecule has 0 bridgehead atoms. The largest absolute Gasteiger partial charge is 0.396 e. The van der Waals surface area contributed by atoms with Crippen LogP contribution in [-0.4, -0.2) is 82.2 Å². The number of rotatable bonds is 6. The Hall–Kier alpha value is -3.82. The van der Waals surface area contributed by atoms with E-state index in [-0.39, 0.29) is 30.2 Å². The Morgan fingerprint density at radius 1 is 0.636 bits per heavy atom. The van der Waals surface area contributed by atoms with Crippen LogP contribution in [0.3, 0.4) is 0 Å². The minimum absolute atomic E-state index is 0.0829. The number of fused-ring (bicyclic) bond motifs is 4. The average molecular weight is 751 g/mol. The number of benzene rings is 4. The summed E-state index contributed by atoms with van der Waals surface area (Å²) in [5.41, 5.74) is 6.81. The molecule has 1 heterocycles. The topological polar surface area (TPSA) is 99.5 Å². The van der Waals surface area contributed by atoms with Crippen molar-refractivity contribution in [2.75, 3.05) is 64.4 Å². The molecule has 0 aromatic heterocycles. The Balaban J connectivity index is 0.000000188. The van der Waals surface area contributed by atoms with Gasteiger partial charge in [0, 0.05) is 83.1 Å². The third-order valence-corrected chi connectivity index (χ3v) is 11.9. The van der Waals surface area contributed by atoms with Gasteiger partial charge >= 0.3 is 0 Å². The van der Waals surface area contributed by atoms with Gasteiger partial charge in [0.25, 0.3) is 0 Å². The fraction of sp³-hybridized carbons (Fsp3) is 0.532. The summed E-state index contributed by atoms with van der Waals surface area (Å²) in [6, 6.07) is 16.8. The van der Waals surface area contributed by atoms with Crippen molar-refractivity contribution < 1.29 is 29.3 Å². The maximum Gasteiger partial charge on any atom is 0.169 e. The number of carbonyl (C=O) groups is 2. The molecule has 2 N–H and O–H groups in total. The van der Waals surface area contributed by atoms with E-state index in [0.717, 1.165) is 68.0 Å². The number of Topliss-reactive ketones (excluding diaryl/α,β-unsaturated/α-hetero) is 2. The van der Waals surface area contributed by atoms with Gasteiger partial charge in [-0.15, -0.1) is 0 Å². The van der Waals surface area contributed by atoms with Crippen LogP contribution in [-0.2, 0) is 35.2 Å². The van der Waals surface area contributed by atoms with E-state index in [0.29, 0.717) is 26.1 Å². The van der Waals surface area contributed by atoms with Crippen molar-refractivity contribution in [3.8, 4) is 0 Å². The summed E-state index contributed by atoms with van der Waals surface area (Å²) >= 11 is 0. The van der Waals surface area contributed by atoms with Crippen LogP contribution < -0.4 is 9.80 Å². The summed E-state index contributed by atoms with van der Waals surface area (Å²) in [4.78, 5) is 31.2. The first-order chi connectivity index (χ1) is 25.6. The van der Waals surface area contributed by atoms with Crippen molar-refractivity contribution in [1.82, 2.24) is 0 Å². The van der Waals surface area contributed by atoms with Gasteiger partial charge in [-0.3, -0.25) is 9.59 Å². The van der Waals surface area contributed by atoms with Crippen LogP contribution >= 0.6 is 0 Å². The predicted octanol–water partition coefficient (Wildman–Crippen LogP) is 8.21. The number of ketones is 2. The summed E-state index contributed by atoms with van der Waals surface area (Å²) < 4.78 is 12.1. The molecular weight excluding hydrogens is 689 g/mol. The molecule has 55 heavy (non-hydrogen) atoms. The zero-order valence-electron chi connectivity index (χ0n) is 35.2. The first kappa shape index (κ1) is 40.8. The van der Waals surface area contributed by atoms with E-state index < -0.39 is 22.0 Å². The van der Waals surface area contributed by atoms with E-state index in [1.54, 1.807) is 0 Å². The van der Waals surface area contributed by atoms with E-state index in [1.807, 2.05) is 81.6 Å². The SMILES string of the molecule is CN(C)c1cccc2c(C(=O)C(C)(C)C)c3c(cc12)CC(CO)(CO)C3.CN(C)c1cccc2c(C(=O)C(C)(C)C)c3c(cc12)CC1(COC(C)(C)OC1)C3. The van der Waals surface area contributed by atoms with Crippen molar-refractivity contribution in [2.24, 2.45) is 21.7 Å². The molecule has 1 spiro atoms. The number of hydrogen-bond acceptors (Lipinski definition) is 8. The molecule has 1 aliphatic heterocycles. The lowest BCUT2D eigenvalue weighted by atomic mass is 9.80. The number of carbonyl (C=O) groups excluding carboxylic acids is 2. The highest BCUT2D eigenvalue weighted by atomic mass is 16.7. The van der Waals surface area contributed by atoms with Crippen LogP contribution in [0, 0.1) is 21.7 Å². The quantitative estimate of drug-likeness (QED) is 0.191. The smallest absolute Gasteiger partial charge is 0.169 e. The molecule has 8 heteroatoms. The maximum absolute atomic E-state index is 13.6. The molecule has 2 aliphatic carbocycles. The van der Waals surface area contributed by atoms with Crippen molar-refractivity contribution >= 4 is 44.5 Å². The lowest BCUT2D eigenvalue weighted by Gasteiger charge is -2.41. The third kappa shape index (κ3) is 7.55. The summed E-state index contributed by atoms with van der Waals surface area (Å²) in [5, 5.41) is 24.0. The average Bonchev–Trinajstić information content (AvgIpc) is 3.67. The molecular formula is C47H62N2O6. The second-order valence-electron chi connectivity index (χ2n) is 19.5. The molecule has 0 amide bonds. The highest BCUT2D eigenvalue weighted by Gasteiger charge is 2.46. The van der Waals surface area contributed by atoms with E-state index in [9.17, 15) is 19.8 Å². The van der Waals surface area contributed by atoms with Gasteiger partial charge in [0.2, 0.25) is 0 Å². The number of aliphatic hydroxyl groups is 2. The molecule has 7 rings (SSSR count). The first-order valence-electron chi connectivity index (χ1n) is 19.6. The first-order valence-corrected chi connectivity index (χ1v) is 19.6. The van der Waals surface area contributed by atoms with Crippen LogP contribution in [0.15, 0.2) is 48.5 Å². The van der Waals surface area contributed by atoms with Crippen LogP contribution in [0.4, 0.5) is 11.4 Å². The predicted molar refractivity (Wildman–Crippen MR) is 224 cm³/mol. The fourth-order valence-corrected chi connectivity index (χ4v) is 8.68. The molecule has 8 nitrogen and oxygen atoms in total. The lowest BCUT2D eigenvalue weighted by Crippen LogP contribution is -2.47. The van der Waals surface area contributed by atoms with E-state index in [1.165, 1.54) is 11.1 Å². The Bertz CT molecular complexity index is 2140. The van der Waals surface area contributed by atoms with Crippen molar-refractivity contribution in [1.29, 1.82) is 0 Å². The molecule has 4 aromatic carbocycles. The molecule has 1 fully saturated rings. The summed E-state index contributed by atoms with van der Waals surface area (Å²) in [6.45, 7) is 16.9. The molecule has 3 aliphatic rings. The lowest BCUT2D eigenvalue weighted by molar-refractivity contribution is -0.283. The third-order valence-electron chi connectivity index (χ3n) is 11.9. The van der Waals surface area contributed by atoms with E-state index in [4.69, 9.17) is 9.47 Å². The highest BCUT2D eigenvalue weighted by molar-refractivity contribution is 6.15. The number of nitrogens with zero attached hydrogens (tertiary/aromatic N) is 2. The molecule has 0 radical (unpaired) electrons. The zero-order chi connectivity index (χ0) is 40.5. The second kappa shape index (κ2) is 14.3. The minimum atomic E-state index is -0.578. The van der Waals surface area contributed by atoms with Gasteiger partial charge < -0.3 is 29.5 Å². The van der Waals surface area contributed by atoms with Gasteiger partial charge in [0.1, 0.15) is 0 Å². The van der Waals surface area contributed by atoms with Gasteiger partial charge in [0.05, 0.1) is 26.4 Å². The molecule has 0 unspecified atom stereocenters. The van der Waals surface area contributed by atoms with Gasteiger partial charge in [-0.1, -0.05) is 65.8 Å². The van der Waals surface area contributed by atoms with Crippen molar-refractivity contribution in [3.63, 3.8) is 0 Å². The Morgan fingerprint density at radius 2 is 1.05 bits per heavy atom. The van der Waals surface area contributed by atoms with Gasteiger partial charge in [-0.2, -0.15) is 0 Å². The number of ether oxygens (including phenoxy) is 2. The second-order valence-corrected chi connectivity index (χ2v) is 19.5. The van der Waals surface area contributed by atoms with Gasteiger partial charge in [-0.05, 0) is 96.8 Å². The number of hydrogen-bond donors (Lipinski definition) is 2. The van der Waals surface area contributed by atoms with Crippen molar-refractivity contribution in [2.45, 2.75) is 86.9 Å². The molecule has 1 saturated heterocycles. The summed E-state index contributed by atoms with van der Waals surface area (Å²) in [7, 11) is 8.11. The minimum Gasteiger partial charge on any atom is -0.396 e. The Kier molecular flexibility index (Phi) is 10.6. The van der Waals surface area contributed by atoms with E-state index >= 15 is 0 Å². The maximum atomic E-state index is 13.6. The molecule has 4 aromatic rings. The van der Waals surface area contributed by atoms with Gasteiger partial charge in [-0.25, -0.2) is 0 Å². The number of anilines is 2. The standard InChI is InChI=1S/C25H33NO3.C22H29NO3/c1-23(2,3)22(27)21-17-9-8-10-20(26(6)7)18(17)11-16-12-25(13-19(16)21)14-28-24(4,5)29-15-25;1-21(2,3)20(26)19-15-7-6-8-18(23(4)5)16(15)9-14-10-22(12-24,13-25)11-17(14)19/h8-11H,12-15H2,1-7H3;6-9,24-25H,10-13H2,1-5H3. The monoisotopic (exact) mass is 750 g/mol. The van der Waals surface area contributed by atoms with E-state index in [2.05, 4.69) is 60.3 Å². The normalized spacial score (nSPS) is 18.1. The molecule has 296 valence electrons. The van der Waals surface area contributed by atoms with Crippen LogP contribution in [0.5, 0.6) is 0 Å². The van der Waals surface area contributed by atoms with Crippen molar-refractivity contribution in [3.05, 3.63) is 81.9 Å². The fourth-order valence-electron chi connectivity index (χ4n) is 8.68. The van der Waals surface area contributed by atoms with Crippen LogP contribution in [0.1, 0.15) is 98.4 Å². The molecule has 0 atom stereocenters. The van der Waals surface area contributed by atoms with Gasteiger partial charge in [0.15, 0.2) is 17.4 Å². The molecule has 0 saturated carbocycles. The highest BCUT2D eigenvalue weighted by Crippen LogP contribution is 2.48.